The van der Waals surface area contributed by atoms with Crippen molar-refractivity contribution in [1.29, 1.82) is 0 Å². The number of esters is 1. The Kier molecular flexibility index (Phi) is 6.20. The number of Topliss-reactive ketones (excluding diaryl/α,β-unsaturated/α-hetero) is 1. The van der Waals surface area contributed by atoms with Crippen molar-refractivity contribution in [2.24, 2.45) is 0 Å². The number of aromatic nitrogens is 3. The van der Waals surface area contributed by atoms with Crippen molar-refractivity contribution in [2.45, 2.75) is 26.4 Å². The van der Waals surface area contributed by atoms with Gasteiger partial charge in [-0.1, -0.05) is 27.3 Å². The summed E-state index contributed by atoms with van der Waals surface area (Å²) in [4.78, 5) is 40.9. The highest BCUT2D eigenvalue weighted by molar-refractivity contribution is 9.10. The Balaban J connectivity index is 1.58. The van der Waals surface area contributed by atoms with E-state index in [1.54, 1.807) is 25.1 Å². The van der Waals surface area contributed by atoms with Gasteiger partial charge in [-0.25, -0.2) is 4.98 Å². The molecule has 0 radical (unpaired) electrons. The van der Waals surface area contributed by atoms with Gasteiger partial charge >= 0.3 is 5.97 Å². The molecule has 10 heteroatoms. The van der Waals surface area contributed by atoms with Crippen LogP contribution in [0, 0.1) is 6.92 Å². The van der Waals surface area contributed by atoms with E-state index in [-0.39, 0.29) is 30.8 Å². The average molecular weight is 466 g/mol. The number of rotatable bonds is 7. The van der Waals surface area contributed by atoms with E-state index in [1.165, 1.54) is 29.0 Å². The van der Waals surface area contributed by atoms with E-state index in [1.807, 2.05) is 0 Å². The highest BCUT2D eigenvalue weighted by Gasteiger charge is 2.16. The van der Waals surface area contributed by atoms with Gasteiger partial charge in [0.1, 0.15) is 12.4 Å². The number of ether oxygens (including phenoxy) is 2. The second kappa shape index (κ2) is 8.61. The first-order valence-corrected chi connectivity index (χ1v) is 9.87. The monoisotopic (exact) mass is 465 g/mol. The van der Waals surface area contributed by atoms with Crippen LogP contribution in [0.2, 0.25) is 0 Å². The van der Waals surface area contributed by atoms with Crippen molar-refractivity contribution in [3.63, 3.8) is 0 Å². The topological polar surface area (TPSA) is 99.9 Å². The minimum atomic E-state index is -0.530. The summed E-state index contributed by atoms with van der Waals surface area (Å²) in [5, 5.41) is 4.54. The molecule has 8 nitrogen and oxygen atoms in total. The highest BCUT2D eigenvalue weighted by Crippen LogP contribution is 2.24. The summed E-state index contributed by atoms with van der Waals surface area (Å²) in [6.07, 6.45) is -0.0810. The number of hydrogen-bond acceptors (Lipinski definition) is 8. The first-order chi connectivity index (χ1) is 13.4. The van der Waals surface area contributed by atoms with Gasteiger partial charge in [-0.3, -0.25) is 14.4 Å². The largest absolute Gasteiger partial charge is 0.496 e. The second-order valence-corrected chi connectivity index (χ2v) is 7.81. The summed E-state index contributed by atoms with van der Waals surface area (Å²) in [6, 6.07) is 6.48. The summed E-state index contributed by atoms with van der Waals surface area (Å²) >= 11 is 4.48. The number of benzene rings is 1. The Morgan fingerprint density at radius 3 is 2.79 bits per heavy atom. The third-order valence-corrected chi connectivity index (χ3v) is 5.16. The van der Waals surface area contributed by atoms with E-state index in [0.29, 0.717) is 27.0 Å². The number of fused-ring (bicyclic) bond motifs is 1. The molecule has 146 valence electrons. The Morgan fingerprint density at radius 1 is 1.25 bits per heavy atom. The predicted molar refractivity (Wildman–Crippen MR) is 106 cm³/mol. The smallest absolute Gasteiger partial charge is 0.306 e. The molecule has 0 saturated carbocycles. The molecule has 0 aliphatic carbocycles. The van der Waals surface area contributed by atoms with Crippen LogP contribution in [0.5, 0.6) is 5.75 Å². The van der Waals surface area contributed by atoms with E-state index in [4.69, 9.17) is 9.47 Å². The first-order valence-electron chi connectivity index (χ1n) is 8.26. The summed E-state index contributed by atoms with van der Waals surface area (Å²) in [7, 11) is 1.48. The fourth-order valence-electron chi connectivity index (χ4n) is 2.48. The van der Waals surface area contributed by atoms with E-state index < -0.39 is 5.97 Å². The molecule has 0 N–H and O–H groups in total. The van der Waals surface area contributed by atoms with Crippen molar-refractivity contribution < 1.29 is 19.1 Å². The molecule has 2 heterocycles. The Bertz CT molecular complexity index is 1110. The Labute approximate surface area is 172 Å². The van der Waals surface area contributed by atoms with Gasteiger partial charge in [-0.15, -0.1) is 0 Å². The van der Waals surface area contributed by atoms with Crippen LogP contribution in [0.25, 0.3) is 4.96 Å². The van der Waals surface area contributed by atoms with Crippen molar-refractivity contribution in [2.75, 3.05) is 7.11 Å². The lowest BCUT2D eigenvalue weighted by Gasteiger charge is -2.08. The van der Waals surface area contributed by atoms with Crippen LogP contribution in [0.4, 0.5) is 0 Å². The molecule has 0 unspecified atom stereocenters. The van der Waals surface area contributed by atoms with Gasteiger partial charge in [-0.05, 0) is 25.1 Å². The van der Waals surface area contributed by atoms with Gasteiger partial charge in [0.2, 0.25) is 4.96 Å². The molecule has 0 spiro atoms. The van der Waals surface area contributed by atoms with E-state index in [9.17, 15) is 14.4 Å². The molecule has 2 aromatic heterocycles. The molecule has 28 heavy (non-hydrogen) atoms. The minimum Gasteiger partial charge on any atom is -0.496 e. The molecular formula is C18H16BrN3O5S. The van der Waals surface area contributed by atoms with Crippen LogP contribution in [0.1, 0.15) is 33.9 Å². The van der Waals surface area contributed by atoms with E-state index >= 15 is 0 Å². The SMILES string of the molecule is COc1ccc(Br)cc1C(=O)CCC(=O)OCc1nn2c(=O)cc(C)nc2s1. The molecule has 0 fully saturated rings. The van der Waals surface area contributed by atoms with Crippen LogP contribution in [-0.4, -0.2) is 33.5 Å². The van der Waals surface area contributed by atoms with Crippen LogP contribution in [-0.2, 0) is 16.1 Å². The molecule has 0 aliphatic heterocycles. The molecule has 1 aromatic carbocycles. The summed E-state index contributed by atoms with van der Waals surface area (Å²) in [5.74, 6) is -0.302. The molecule has 0 amide bonds. The highest BCUT2D eigenvalue weighted by atomic mass is 79.9. The van der Waals surface area contributed by atoms with Gasteiger partial charge in [0.15, 0.2) is 10.8 Å². The zero-order chi connectivity index (χ0) is 20.3. The van der Waals surface area contributed by atoms with Crippen molar-refractivity contribution in [1.82, 2.24) is 14.6 Å². The minimum absolute atomic E-state index is 0.00823. The maximum absolute atomic E-state index is 12.4. The van der Waals surface area contributed by atoms with Gasteiger partial charge in [-0.2, -0.15) is 9.61 Å². The molecule has 0 bridgehead atoms. The number of halogens is 1. The van der Waals surface area contributed by atoms with E-state index in [2.05, 4.69) is 26.0 Å². The quantitative estimate of drug-likeness (QED) is 0.390. The third kappa shape index (κ3) is 4.63. The third-order valence-electron chi connectivity index (χ3n) is 3.79. The van der Waals surface area contributed by atoms with Gasteiger partial charge in [0, 0.05) is 22.7 Å². The van der Waals surface area contributed by atoms with Gasteiger partial charge in [0.05, 0.1) is 19.1 Å². The number of carbonyl (C=O) groups excluding carboxylic acids is 2. The number of nitrogens with zero attached hydrogens (tertiary/aromatic N) is 3. The lowest BCUT2D eigenvalue weighted by atomic mass is 10.1. The predicted octanol–water partition coefficient (Wildman–Crippen LogP) is 2.94. The normalized spacial score (nSPS) is 10.8. The maximum atomic E-state index is 12.4. The number of aryl methyl sites for hydroxylation is 1. The summed E-state index contributed by atoms with van der Waals surface area (Å²) in [5.41, 5.74) is 0.709. The number of carbonyl (C=O) groups is 2. The zero-order valence-corrected chi connectivity index (χ0v) is 17.5. The number of hydrogen-bond donors (Lipinski definition) is 0. The van der Waals surface area contributed by atoms with E-state index in [0.717, 1.165) is 4.47 Å². The summed E-state index contributed by atoms with van der Waals surface area (Å²) in [6.45, 7) is 1.64. The van der Waals surface area contributed by atoms with Crippen LogP contribution < -0.4 is 10.3 Å². The fraction of sp³-hybridized carbons (Fsp3) is 0.278. The van der Waals surface area contributed by atoms with Crippen molar-refractivity contribution in [3.8, 4) is 5.75 Å². The van der Waals surface area contributed by atoms with Gasteiger partial charge < -0.3 is 9.47 Å². The molecule has 3 rings (SSSR count). The van der Waals surface area contributed by atoms with Crippen LogP contribution in [0.3, 0.4) is 0 Å². The molecule has 3 aromatic rings. The van der Waals surface area contributed by atoms with Gasteiger partial charge in [0.25, 0.3) is 5.56 Å². The van der Waals surface area contributed by atoms with Crippen molar-refractivity contribution >= 4 is 44.0 Å². The molecule has 0 aliphatic rings. The Hall–Kier alpha value is -2.59. The second-order valence-electron chi connectivity index (χ2n) is 5.85. The molecular weight excluding hydrogens is 450 g/mol. The average Bonchev–Trinajstić information content (AvgIpc) is 3.07. The Morgan fingerprint density at radius 2 is 2.04 bits per heavy atom. The lowest BCUT2D eigenvalue weighted by molar-refractivity contribution is -0.144. The molecule has 0 atom stereocenters. The molecule has 0 saturated heterocycles. The maximum Gasteiger partial charge on any atom is 0.306 e. The number of methoxy groups -OCH3 is 1. The summed E-state index contributed by atoms with van der Waals surface area (Å²) < 4.78 is 12.3. The number of ketones is 1. The van der Waals surface area contributed by atoms with Crippen LogP contribution >= 0.6 is 27.3 Å². The first kappa shape index (κ1) is 20.2. The van der Waals surface area contributed by atoms with Crippen LogP contribution in [0.15, 0.2) is 33.5 Å². The lowest BCUT2D eigenvalue weighted by Crippen LogP contribution is -2.14. The fourth-order valence-corrected chi connectivity index (χ4v) is 3.70. The standard InChI is InChI=1S/C18H16BrN3O5S/c1-10-7-16(24)22-18(20-10)28-15(21-22)9-27-17(25)6-4-13(23)12-8-11(19)3-5-14(12)26-2/h3,5,7-8H,4,6,9H2,1-2H3. The van der Waals surface area contributed by atoms with Crippen molar-refractivity contribution in [3.05, 3.63) is 55.4 Å². The zero-order valence-electron chi connectivity index (χ0n) is 15.1.